The van der Waals surface area contributed by atoms with Crippen molar-refractivity contribution in [1.29, 1.82) is 0 Å². The first-order chi connectivity index (χ1) is 20.6. The molecule has 0 rings (SSSR count). The summed E-state index contributed by atoms with van der Waals surface area (Å²) in [5.74, 6) is -0.159. The van der Waals surface area contributed by atoms with E-state index in [9.17, 15) is 9.59 Å². The maximum Gasteiger partial charge on any atom is 0.305 e. The van der Waals surface area contributed by atoms with Crippen molar-refractivity contribution in [3.8, 4) is 0 Å². The Morgan fingerprint density at radius 2 is 0.690 bits per heavy atom. The molecule has 0 fully saturated rings. The lowest BCUT2D eigenvalue weighted by atomic mass is 10.1. The van der Waals surface area contributed by atoms with Crippen LogP contribution in [-0.2, 0) is 19.1 Å². The highest BCUT2D eigenvalue weighted by Gasteiger charge is 1.99. The van der Waals surface area contributed by atoms with Gasteiger partial charge in [0.05, 0.1) is 14.2 Å². The van der Waals surface area contributed by atoms with Gasteiger partial charge in [0.15, 0.2) is 0 Å². The van der Waals surface area contributed by atoms with Gasteiger partial charge in [0, 0.05) is 12.8 Å². The van der Waals surface area contributed by atoms with Gasteiger partial charge in [-0.1, -0.05) is 134 Å². The number of carbonyl (C=O) groups excluding carboxylic acids is 2. The molecule has 0 radical (unpaired) electrons. The van der Waals surface area contributed by atoms with Crippen molar-refractivity contribution in [2.24, 2.45) is 0 Å². The van der Waals surface area contributed by atoms with E-state index in [-0.39, 0.29) is 11.9 Å². The maximum absolute atomic E-state index is 10.9. The fraction of sp³-hybridized carbons (Fsp3) is 0.789. The van der Waals surface area contributed by atoms with Crippen LogP contribution in [0.3, 0.4) is 0 Å². The van der Waals surface area contributed by atoms with E-state index in [1.807, 2.05) is 0 Å². The minimum Gasteiger partial charge on any atom is -0.469 e. The molecule has 4 heteroatoms. The normalized spacial score (nSPS) is 11.3. The average Bonchev–Trinajstić information content (AvgIpc) is 3.01. The standard InChI is InChI=1S/C19H36O2.C19H34O2/c2*1-3-4-5-6-7-8-9-10-11-12-13-14-15-16-17-18-19(20)21-2/h10-11H,3-9,12-18H2,1-2H3;7-8,10-11H,3-6,9,12-18H2,1-2H3/b11-10-;8-7-,11-10-. The molecule has 0 aromatic rings. The average molecular weight is 591 g/mol. The molecule has 0 N–H and O–H groups in total. The van der Waals surface area contributed by atoms with Crippen LogP contribution in [0.5, 0.6) is 0 Å². The Bertz CT molecular complexity index is 635. The summed E-state index contributed by atoms with van der Waals surface area (Å²) in [7, 11) is 2.91. The predicted molar refractivity (Wildman–Crippen MR) is 183 cm³/mol. The number of hydrogen-bond acceptors (Lipinski definition) is 4. The van der Waals surface area contributed by atoms with E-state index < -0.39 is 0 Å². The second kappa shape index (κ2) is 39.2. The van der Waals surface area contributed by atoms with Crippen molar-refractivity contribution in [2.45, 2.75) is 181 Å². The summed E-state index contributed by atoms with van der Waals surface area (Å²) in [6, 6.07) is 0. The number of allylic oxidation sites excluding steroid dienone is 6. The zero-order valence-electron chi connectivity index (χ0n) is 28.5. The highest BCUT2D eigenvalue weighted by atomic mass is 16.5. The van der Waals surface area contributed by atoms with E-state index >= 15 is 0 Å². The highest BCUT2D eigenvalue weighted by Crippen LogP contribution is 2.11. The number of methoxy groups -OCH3 is 2. The third-order valence-electron chi connectivity index (χ3n) is 7.43. The SMILES string of the molecule is CCCCC/C=C\C/C=C\CCCCCCCC(=O)OC.CCCCCCCC/C=C\CCCCCCCC(=O)OC. The van der Waals surface area contributed by atoms with Gasteiger partial charge < -0.3 is 9.47 Å². The van der Waals surface area contributed by atoms with Crippen LogP contribution >= 0.6 is 0 Å². The molecule has 0 spiro atoms. The maximum atomic E-state index is 10.9. The van der Waals surface area contributed by atoms with E-state index in [0.717, 1.165) is 32.1 Å². The van der Waals surface area contributed by atoms with E-state index in [4.69, 9.17) is 0 Å². The first-order valence-electron chi connectivity index (χ1n) is 17.7. The lowest BCUT2D eigenvalue weighted by Gasteiger charge is -2.00. The van der Waals surface area contributed by atoms with E-state index in [1.165, 1.54) is 136 Å². The smallest absolute Gasteiger partial charge is 0.305 e. The Kier molecular flexibility index (Phi) is 39.4. The Morgan fingerprint density at radius 1 is 0.405 bits per heavy atom. The van der Waals surface area contributed by atoms with Gasteiger partial charge in [0.2, 0.25) is 0 Å². The van der Waals surface area contributed by atoms with Crippen LogP contribution in [0.4, 0.5) is 0 Å². The summed E-state index contributed by atoms with van der Waals surface area (Å²) >= 11 is 0. The lowest BCUT2D eigenvalue weighted by molar-refractivity contribution is -0.141. The number of esters is 2. The number of carbonyl (C=O) groups is 2. The number of rotatable bonds is 29. The van der Waals surface area contributed by atoms with E-state index in [0.29, 0.717) is 12.8 Å². The molecule has 0 atom stereocenters. The topological polar surface area (TPSA) is 52.6 Å². The van der Waals surface area contributed by atoms with E-state index in [2.05, 4.69) is 59.8 Å². The Morgan fingerprint density at radius 3 is 1.07 bits per heavy atom. The van der Waals surface area contributed by atoms with Gasteiger partial charge in [-0.25, -0.2) is 0 Å². The van der Waals surface area contributed by atoms with Crippen LogP contribution in [0.15, 0.2) is 36.5 Å². The van der Waals surface area contributed by atoms with Crippen LogP contribution in [0.25, 0.3) is 0 Å². The van der Waals surface area contributed by atoms with Crippen LogP contribution in [0.1, 0.15) is 181 Å². The van der Waals surface area contributed by atoms with Gasteiger partial charge in [-0.05, 0) is 70.6 Å². The Balaban J connectivity index is 0. The molecule has 42 heavy (non-hydrogen) atoms. The van der Waals surface area contributed by atoms with Gasteiger partial charge in [0.25, 0.3) is 0 Å². The van der Waals surface area contributed by atoms with Gasteiger partial charge in [-0.3, -0.25) is 9.59 Å². The van der Waals surface area contributed by atoms with Crippen LogP contribution in [0.2, 0.25) is 0 Å². The molecule has 0 aromatic carbocycles. The van der Waals surface area contributed by atoms with Gasteiger partial charge in [0.1, 0.15) is 0 Å². The molecule has 246 valence electrons. The van der Waals surface area contributed by atoms with Gasteiger partial charge in [-0.15, -0.1) is 0 Å². The molecular formula is C38H70O4. The summed E-state index contributed by atoms with van der Waals surface area (Å²) in [6.07, 6.45) is 45.0. The van der Waals surface area contributed by atoms with Crippen LogP contribution in [-0.4, -0.2) is 26.2 Å². The summed E-state index contributed by atoms with van der Waals surface area (Å²) in [4.78, 5) is 21.8. The second-order valence-corrected chi connectivity index (χ2v) is 11.5. The molecule has 0 heterocycles. The fourth-order valence-electron chi connectivity index (χ4n) is 4.62. The van der Waals surface area contributed by atoms with Crippen molar-refractivity contribution in [1.82, 2.24) is 0 Å². The monoisotopic (exact) mass is 591 g/mol. The summed E-state index contributed by atoms with van der Waals surface area (Å²) < 4.78 is 9.24. The third-order valence-corrected chi connectivity index (χ3v) is 7.43. The molecule has 0 saturated heterocycles. The van der Waals surface area contributed by atoms with E-state index in [1.54, 1.807) is 0 Å². The number of ether oxygens (including phenoxy) is 2. The Labute approximate surface area is 262 Å². The molecule has 0 amide bonds. The lowest BCUT2D eigenvalue weighted by Crippen LogP contribution is -1.98. The van der Waals surface area contributed by atoms with Gasteiger partial charge in [-0.2, -0.15) is 0 Å². The van der Waals surface area contributed by atoms with Crippen molar-refractivity contribution >= 4 is 11.9 Å². The third kappa shape index (κ3) is 40.3. The predicted octanol–water partition coefficient (Wildman–Crippen LogP) is 12.2. The zero-order valence-corrected chi connectivity index (χ0v) is 28.5. The number of hydrogen-bond donors (Lipinski definition) is 0. The molecule has 0 bridgehead atoms. The summed E-state index contributed by atoms with van der Waals surface area (Å²) in [5, 5.41) is 0. The van der Waals surface area contributed by atoms with Gasteiger partial charge >= 0.3 is 11.9 Å². The van der Waals surface area contributed by atoms with Crippen molar-refractivity contribution in [3.05, 3.63) is 36.5 Å². The van der Waals surface area contributed by atoms with Crippen molar-refractivity contribution < 1.29 is 19.1 Å². The minimum atomic E-state index is -0.0827. The fourth-order valence-corrected chi connectivity index (χ4v) is 4.62. The first kappa shape index (κ1) is 42.3. The quantitative estimate of drug-likeness (QED) is 0.0494. The first-order valence-corrected chi connectivity index (χ1v) is 17.7. The number of unbranched alkanes of at least 4 members (excludes halogenated alkanes) is 19. The molecule has 0 aliphatic heterocycles. The van der Waals surface area contributed by atoms with Crippen molar-refractivity contribution in [2.75, 3.05) is 14.2 Å². The molecule has 0 saturated carbocycles. The summed E-state index contributed by atoms with van der Waals surface area (Å²) in [5.41, 5.74) is 0. The summed E-state index contributed by atoms with van der Waals surface area (Å²) in [6.45, 7) is 4.51. The molecule has 4 nitrogen and oxygen atoms in total. The molecule has 0 aromatic heterocycles. The molecule has 0 aliphatic rings. The second-order valence-electron chi connectivity index (χ2n) is 11.5. The largest absolute Gasteiger partial charge is 0.469 e. The Hall–Kier alpha value is -1.84. The molecular weight excluding hydrogens is 520 g/mol. The molecule has 0 aliphatic carbocycles. The van der Waals surface area contributed by atoms with Crippen LogP contribution in [0, 0.1) is 0 Å². The minimum absolute atomic E-state index is 0.0763. The molecule has 0 unspecified atom stereocenters. The zero-order chi connectivity index (χ0) is 31.2. The van der Waals surface area contributed by atoms with Crippen molar-refractivity contribution in [3.63, 3.8) is 0 Å². The van der Waals surface area contributed by atoms with Crippen LogP contribution < -0.4 is 0 Å². The highest BCUT2D eigenvalue weighted by molar-refractivity contribution is 5.69.